The molecule has 2 aromatic rings. The number of nitrogens with one attached hydrogen (secondary N) is 2. The lowest BCUT2D eigenvalue weighted by Gasteiger charge is -2.16. The SMILES string of the molecule is O=c1c2c([nH]c3ccccc13)C(C1=C3C=COC=C3CC1)NC2. The van der Waals surface area contributed by atoms with Crippen LogP contribution in [0.4, 0.5) is 0 Å². The Morgan fingerprint density at radius 2 is 2.09 bits per heavy atom. The van der Waals surface area contributed by atoms with Crippen molar-refractivity contribution in [1.29, 1.82) is 0 Å². The van der Waals surface area contributed by atoms with Gasteiger partial charge in [-0.3, -0.25) is 4.79 Å². The van der Waals surface area contributed by atoms with Crippen LogP contribution in [0.3, 0.4) is 0 Å². The van der Waals surface area contributed by atoms with Crippen molar-refractivity contribution in [3.05, 3.63) is 81.1 Å². The average molecular weight is 304 g/mol. The zero-order valence-electron chi connectivity index (χ0n) is 12.6. The van der Waals surface area contributed by atoms with Crippen LogP contribution in [0, 0.1) is 0 Å². The molecule has 0 spiro atoms. The summed E-state index contributed by atoms with van der Waals surface area (Å²) in [6, 6.07) is 7.82. The number of fused-ring (bicyclic) bond motifs is 3. The average Bonchev–Trinajstić information content (AvgIpc) is 3.19. The zero-order valence-corrected chi connectivity index (χ0v) is 12.6. The van der Waals surface area contributed by atoms with E-state index in [-0.39, 0.29) is 11.5 Å². The Labute approximate surface area is 133 Å². The standard InChI is InChI=1S/C19H16N2O2/c22-19-14-3-1-2-4-16(14)21-18-15(19)9-20-17(18)13-6-5-11-10-23-8-7-12(11)13/h1-4,7-8,10,17,20H,5-6,9H2,(H,21,22). The van der Waals surface area contributed by atoms with E-state index in [9.17, 15) is 4.79 Å². The van der Waals surface area contributed by atoms with Crippen LogP contribution in [0.5, 0.6) is 0 Å². The monoisotopic (exact) mass is 304 g/mol. The first kappa shape index (κ1) is 12.9. The summed E-state index contributed by atoms with van der Waals surface area (Å²) in [4.78, 5) is 16.2. The molecule has 114 valence electrons. The van der Waals surface area contributed by atoms with E-state index >= 15 is 0 Å². The van der Waals surface area contributed by atoms with E-state index in [1.54, 1.807) is 6.26 Å². The maximum absolute atomic E-state index is 12.7. The Morgan fingerprint density at radius 3 is 3.04 bits per heavy atom. The normalized spacial score (nSPS) is 22.1. The number of ether oxygens (including phenoxy) is 1. The maximum atomic E-state index is 12.7. The van der Waals surface area contributed by atoms with Crippen LogP contribution in [0.15, 0.2) is 64.4 Å². The van der Waals surface area contributed by atoms with Crippen LogP contribution >= 0.6 is 0 Å². The highest BCUT2D eigenvalue weighted by atomic mass is 16.5. The van der Waals surface area contributed by atoms with Gasteiger partial charge in [-0.05, 0) is 47.8 Å². The molecular formula is C19H16N2O2. The number of pyridine rings is 1. The number of H-pyrrole nitrogens is 1. The van der Waals surface area contributed by atoms with Gasteiger partial charge in [0.05, 0.1) is 18.6 Å². The summed E-state index contributed by atoms with van der Waals surface area (Å²) in [6.07, 6.45) is 7.60. The molecule has 1 atom stereocenters. The molecule has 0 bridgehead atoms. The second-order valence-corrected chi connectivity index (χ2v) is 6.23. The van der Waals surface area contributed by atoms with Gasteiger partial charge in [-0.15, -0.1) is 0 Å². The third-order valence-corrected chi connectivity index (χ3v) is 5.04. The number of allylic oxidation sites excluding steroid dienone is 3. The van der Waals surface area contributed by atoms with Crippen molar-refractivity contribution in [3.63, 3.8) is 0 Å². The first-order chi connectivity index (χ1) is 11.3. The number of benzene rings is 1. The topological polar surface area (TPSA) is 54.1 Å². The van der Waals surface area contributed by atoms with Crippen molar-refractivity contribution >= 4 is 10.9 Å². The van der Waals surface area contributed by atoms with Crippen LogP contribution in [0.1, 0.15) is 30.1 Å². The molecule has 3 aliphatic rings. The molecule has 0 amide bonds. The molecule has 1 aromatic carbocycles. The van der Waals surface area contributed by atoms with Crippen molar-refractivity contribution in [2.45, 2.75) is 25.4 Å². The van der Waals surface area contributed by atoms with Crippen molar-refractivity contribution in [1.82, 2.24) is 10.3 Å². The van der Waals surface area contributed by atoms with E-state index in [0.29, 0.717) is 6.54 Å². The molecule has 1 unspecified atom stereocenters. The van der Waals surface area contributed by atoms with E-state index in [4.69, 9.17) is 4.74 Å². The molecular weight excluding hydrogens is 288 g/mol. The number of para-hydroxylation sites is 1. The predicted octanol–water partition coefficient (Wildman–Crippen LogP) is 3.19. The summed E-state index contributed by atoms with van der Waals surface area (Å²) in [5.41, 5.74) is 6.81. The van der Waals surface area contributed by atoms with Gasteiger partial charge >= 0.3 is 0 Å². The fourth-order valence-electron chi connectivity index (χ4n) is 3.93. The van der Waals surface area contributed by atoms with Gasteiger partial charge in [0.15, 0.2) is 5.43 Å². The molecule has 3 heterocycles. The largest absolute Gasteiger partial charge is 0.472 e. The van der Waals surface area contributed by atoms with Crippen molar-refractivity contribution in [3.8, 4) is 0 Å². The quantitative estimate of drug-likeness (QED) is 0.850. The van der Waals surface area contributed by atoms with Crippen molar-refractivity contribution in [2.24, 2.45) is 0 Å². The highest BCUT2D eigenvalue weighted by molar-refractivity contribution is 5.79. The van der Waals surface area contributed by atoms with Crippen LogP contribution in [0.25, 0.3) is 10.9 Å². The summed E-state index contributed by atoms with van der Waals surface area (Å²) in [5, 5.41) is 4.29. The summed E-state index contributed by atoms with van der Waals surface area (Å²) in [7, 11) is 0. The molecule has 4 heteroatoms. The fraction of sp³-hybridized carbons (Fsp3) is 0.211. The first-order valence-electron chi connectivity index (χ1n) is 7.94. The summed E-state index contributed by atoms with van der Waals surface area (Å²) >= 11 is 0. The molecule has 1 aromatic heterocycles. The molecule has 23 heavy (non-hydrogen) atoms. The van der Waals surface area contributed by atoms with Crippen molar-refractivity contribution in [2.75, 3.05) is 0 Å². The molecule has 4 nitrogen and oxygen atoms in total. The number of hydrogen-bond donors (Lipinski definition) is 2. The minimum Gasteiger partial charge on any atom is -0.472 e. The molecule has 0 saturated heterocycles. The molecule has 0 saturated carbocycles. The van der Waals surface area contributed by atoms with Gasteiger partial charge in [0, 0.05) is 28.7 Å². The third kappa shape index (κ3) is 1.79. The lowest BCUT2D eigenvalue weighted by atomic mass is 9.98. The highest BCUT2D eigenvalue weighted by Gasteiger charge is 2.33. The van der Waals surface area contributed by atoms with E-state index < -0.39 is 0 Å². The fourth-order valence-corrected chi connectivity index (χ4v) is 3.93. The minimum absolute atomic E-state index is 0.0888. The van der Waals surface area contributed by atoms with Gasteiger partial charge in [-0.2, -0.15) is 0 Å². The predicted molar refractivity (Wildman–Crippen MR) is 88.7 cm³/mol. The Bertz CT molecular complexity index is 979. The Kier molecular flexibility index (Phi) is 2.64. The van der Waals surface area contributed by atoms with E-state index in [2.05, 4.69) is 10.3 Å². The smallest absolute Gasteiger partial charge is 0.194 e. The molecule has 0 fully saturated rings. The van der Waals surface area contributed by atoms with Crippen LogP contribution in [-0.4, -0.2) is 4.98 Å². The van der Waals surface area contributed by atoms with Gasteiger partial charge < -0.3 is 15.0 Å². The zero-order chi connectivity index (χ0) is 15.4. The number of aromatic nitrogens is 1. The lowest BCUT2D eigenvalue weighted by Crippen LogP contribution is -2.15. The maximum Gasteiger partial charge on any atom is 0.194 e. The second kappa shape index (κ2) is 4.70. The number of hydrogen-bond acceptors (Lipinski definition) is 3. The Hall–Kier alpha value is -2.59. The van der Waals surface area contributed by atoms with E-state index in [1.165, 1.54) is 16.7 Å². The van der Waals surface area contributed by atoms with Crippen molar-refractivity contribution < 1.29 is 4.74 Å². The molecule has 0 radical (unpaired) electrons. The molecule has 5 rings (SSSR count). The summed E-state index contributed by atoms with van der Waals surface area (Å²) < 4.78 is 5.29. The Balaban J connectivity index is 1.71. The van der Waals surface area contributed by atoms with E-state index in [1.807, 2.05) is 36.6 Å². The highest BCUT2D eigenvalue weighted by Crippen LogP contribution is 2.42. The number of aromatic amines is 1. The minimum atomic E-state index is 0.0888. The molecule has 2 N–H and O–H groups in total. The second-order valence-electron chi connectivity index (χ2n) is 6.23. The third-order valence-electron chi connectivity index (χ3n) is 5.04. The lowest BCUT2D eigenvalue weighted by molar-refractivity contribution is 0.393. The summed E-state index contributed by atoms with van der Waals surface area (Å²) in [6.45, 7) is 0.621. The van der Waals surface area contributed by atoms with Crippen LogP contribution in [-0.2, 0) is 11.3 Å². The van der Waals surface area contributed by atoms with Crippen LogP contribution < -0.4 is 10.7 Å². The van der Waals surface area contributed by atoms with Crippen LogP contribution in [0.2, 0.25) is 0 Å². The van der Waals surface area contributed by atoms with E-state index in [0.717, 1.165) is 35.0 Å². The molecule has 1 aliphatic carbocycles. The van der Waals surface area contributed by atoms with Gasteiger partial charge in [-0.1, -0.05) is 12.1 Å². The van der Waals surface area contributed by atoms with Gasteiger partial charge in [0.2, 0.25) is 0 Å². The number of rotatable bonds is 1. The van der Waals surface area contributed by atoms with Gasteiger partial charge in [-0.25, -0.2) is 0 Å². The molecule has 2 aliphatic heterocycles. The summed E-state index contributed by atoms with van der Waals surface area (Å²) in [5.74, 6) is 0. The Morgan fingerprint density at radius 1 is 1.17 bits per heavy atom. The van der Waals surface area contributed by atoms with Gasteiger partial charge in [0.25, 0.3) is 0 Å². The first-order valence-corrected chi connectivity index (χ1v) is 7.94. The van der Waals surface area contributed by atoms with Gasteiger partial charge in [0.1, 0.15) is 0 Å².